The van der Waals surface area contributed by atoms with Crippen molar-refractivity contribution < 1.29 is 0 Å². The minimum absolute atomic E-state index is 0.551. The lowest BCUT2D eigenvalue weighted by atomic mass is 9.73. The fourth-order valence-electron chi connectivity index (χ4n) is 5.80. The van der Waals surface area contributed by atoms with Gasteiger partial charge in [-0.15, -0.1) is 0 Å². The molecule has 3 aliphatic heterocycles. The number of rotatable bonds is 2. The van der Waals surface area contributed by atoms with Crippen LogP contribution < -0.4 is 10.2 Å². The molecule has 3 aliphatic rings. The summed E-state index contributed by atoms with van der Waals surface area (Å²) < 4.78 is 4.53. The molecule has 0 saturated carbocycles. The van der Waals surface area contributed by atoms with Crippen LogP contribution in [0.1, 0.15) is 24.0 Å². The minimum atomic E-state index is 0.551. The Hall–Kier alpha value is -3.82. The van der Waals surface area contributed by atoms with Crippen LogP contribution in [0.5, 0.6) is 0 Å². The maximum Gasteiger partial charge on any atom is 0.161 e. The van der Waals surface area contributed by atoms with Crippen LogP contribution in [-0.2, 0) is 6.54 Å². The van der Waals surface area contributed by atoms with Crippen LogP contribution in [0.2, 0.25) is 0 Å². The molecule has 168 valence electrons. The van der Waals surface area contributed by atoms with E-state index in [-0.39, 0.29) is 0 Å². The smallest absolute Gasteiger partial charge is 0.161 e. The molecule has 2 saturated heterocycles. The fourth-order valence-corrected chi connectivity index (χ4v) is 5.80. The first-order valence-electron chi connectivity index (χ1n) is 12.0. The summed E-state index contributed by atoms with van der Waals surface area (Å²) in [5.74, 6) is 0.962. The maximum absolute atomic E-state index is 9.13. The summed E-state index contributed by atoms with van der Waals surface area (Å²) in [7, 11) is 0. The molecule has 1 spiro atoms. The summed E-state index contributed by atoms with van der Waals surface area (Å²) in [5.41, 5.74) is 8.43. The third kappa shape index (κ3) is 3.01. The molecule has 2 aromatic heterocycles. The van der Waals surface area contributed by atoms with Gasteiger partial charge < -0.3 is 14.8 Å². The molecule has 0 aliphatic carbocycles. The Labute approximate surface area is 199 Å². The molecular formula is C28H26N6. The summed E-state index contributed by atoms with van der Waals surface area (Å²) in [6.45, 7) is 5.45. The molecule has 6 nitrogen and oxygen atoms in total. The predicted octanol–water partition coefficient (Wildman–Crippen LogP) is 4.43. The van der Waals surface area contributed by atoms with Gasteiger partial charge in [0.05, 0.1) is 23.0 Å². The summed E-state index contributed by atoms with van der Waals surface area (Å²) in [5, 5.41) is 12.6. The van der Waals surface area contributed by atoms with Crippen LogP contribution in [0.15, 0.2) is 67.1 Å². The van der Waals surface area contributed by atoms with Crippen LogP contribution in [0.25, 0.3) is 28.3 Å². The molecule has 5 heterocycles. The van der Waals surface area contributed by atoms with Gasteiger partial charge in [0.25, 0.3) is 0 Å². The van der Waals surface area contributed by atoms with E-state index in [1.807, 2.05) is 30.5 Å². The van der Waals surface area contributed by atoms with Crippen molar-refractivity contribution in [3.63, 3.8) is 0 Å². The molecule has 6 heteroatoms. The van der Waals surface area contributed by atoms with Crippen molar-refractivity contribution in [3.8, 4) is 34.4 Å². The zero-order valence-corrected chi connectivity index (χ0v) is 19.0. The second-order valence-electron chi connectivity index (χ2n) is 9.96. The van der Waals surface area contributed by atoms with Crippen molar-refractivity contribution in [3.05, 3.63) is 78.2 Å². The number of fused-ring (bicyclic) bond motifs is 5. The Morgan fingerprint density at radius 1 is 0.971 bits per heavy atom. The van der Waals surface area contributed by atoms with Crippen molar-refractivity contribution >= 4 is 5.69 Å². The van der Waals surface area contributed by atoms with Crippen LogP contribution in [0.4, 0.5) is 5.69 Å². The third-order valence-corrected chi connectivity index (χ3v) is 7.97. The van der Waals surface area contributed by atoms with Gasteiger partial charge in [0, 0.05) is 62.6 Å². The Bertz CT molecular complexity index is 1420. The van der Waals surface area contributed by atoms with Gasteiger partial charge >= 0.3 is 0 Å². The first kappa shape index (κ1) is 19.6. The van der Waals surface area contributed by atoms with Gasteiger partial charge in [-0.1, -0.05) is 12.1 Å². The SMILES string of the molecule is N#Cc1ccc(-c2cc3n(c2)Cc2cc(N4CCC5(CC4)CNC5)ccc2-n2ccnc2-3)cc1. The van der Waals surface area contributed by atoms with Crippen molar-refractivity contribution in [2.75, 3.05) is 31.1 Å². The second-order valence-corrected chi connectivity index (χ2v) is 9.96. The third-order valence-electron chi connectivity index (χ3n) is 7.97. The number of nitriles is 1. The van der Waals surface area contributed by atoms with Gasteiger partial charge in [0.15, 0.2) is 5.82 Å². The predicted molar refractivity (Wildman–Crippen MR) is 133 cm³/mol. The number of benzene rings is 2. The highest BCUT2D eigenvalue weighted by Crippen LogP contribution is 2.39. The Morgan fingerprint density at radius 2 is 1.79 bits per heavy atom. The van der Waals surface area contributed by atoms with E-state index in [9.17, 15) is 0 Å². The van der Waals surface area contributed by atoms with E-state index in [4.69, 9.17) is 10.2 Å². The van der Waals surface area contributed by atoms with E-state index in [2.05, 4.69) is 62.1 Å². The standard InChI is InChI=1S/C28H26N6/c29-15-20-1-3-21(4-2-20)22-14-26-27-31-9-12-34(27)25-6-5-24(13-23(25)17-33(26)16-22)32-10-7-28(8-11-32)18-30-19-28/h1-6,9,12-14,16,30H,7-8,10-11,17-19H2. The quantitative estimate of drug-likeness (QED) is 0.436. The number of nitrogens with one attached hydrogen (secondary N) is 1. The minimum Gasteiger partial charge on any atom is -0.371 e. The summed E-state index contributed by atoms with van der Waals surface area (Å²) in [6, 6.07) is 19.1. The Kier molecular flexibility index (Phi) is 4.24. The van der Waals surface area contributed by atoms with Gasteiger partial charge in [0.2, 0.25) is 0 Å². The molecule has 0 atom stereocenters. The number of anilines is 1. The number of hydrogen-bond donors (Lipinski definition) is 1. The molecule has 0 radical (unpaired) electrons. The number of nitrogens with zero attached hydrogens (tertiary/aromatic N) is 5. The molecule has 0 amide bonds. The van der Waals surface area contributed by atoms with Crippen molar-refractivity contribution in [1.29, 1.82) is 5.26 Å². The number of hydrogen-bond acceptors (Lipinski definition) is 4. The molecule has 0 unspecified atom stereocenters. The monoisotopic (exact) mass is 446 g/mol. The zero-order chi connectivity index (χ0) is 22.7. The van der Waals surface area contributed by atoms with E-state index in [1.54, 1.807) is 0 Å². The van der Waals surface area contributed by atoms with Crippen molar-refractivity contribution in [2.24, 2.45) is 5.41 Å². The Balaban J connectivity index is 1.25. The lowest BCUT2D eigenvalue weighted by molar-refractivity contribution is 0.126. The molecule has 0 bridgehead atoms. The summed E-state index contributed by atoms with van der Waals surface area (Å²) in [6.07, 6.45) is 8.71. The highest BCUT2D eigenvalue weighted by atomic mass is 15.2. The van der Waals surface area contributed by atoms with E-state index in [0.29, 0.717) is 11.0 Å². The molecule has 2 aromatic carbocycles. The Morgan fingerprint density at radius 3 is 2.53 bits per heavy atom. The van der Waals surface area contributed by atoms with E-state index in [1.165, 1.54) is 42.9 Å². The highest BCUT2D eigenvalue weighted by molar-refractivity contribution is 5.72. The van der Waals surface area contributed by atoms with Gasteiger partial charge in [0.1, 0.15) is 0 Å². The van der Waals surface area contributed by atoms with Gasteiger partial charge in [-0.05, 0) is 65.8 Å². The number of aromatic nitrogens is 3. The fraction of sp³-hybridized carbons (Fsp3) is 0.286. The van der Waals surface area contributed by atoms with Crippen LogP contribution >= 0.6 is 0 Å². The largest absolute Gasteiger partial charge is 0.371 e. The molecule has 4 aromatic rings. The van der Waals surface area contributed by atoms with Crippen LogP contribution in [0.3, 0.4) is 0 Å². The average molecular weight is 447 g/mol. The van der Waals surface area contributed by atoms with E-state index in [0.717, 1.165) is 42.3 Å². The first-order valence-corrected chi connectivity index (χ1v) is 12.0. The van der Waals surface area contributed by atoms with Crippen LogP contribution in [0, 0.1) is 16.7 Å². The molecule has 1 N–H and O–H groups in total. The lowest BCUT2D eigenvalue weighted by Gasteiger charge is -2.49. The normalized spacial score (nSPS) is 17.8. The second kappa shape index (κ2) is 7.34. The summed E-state index contributed by atoms with van der Waals surface area (Å²) in [4.78, 5) is 7.28. The van der Waals surface area contributed by atoms with Gasteiger partial charge in [-0.2, -0.15) is 5.26 Å². The average Bonchev–Trinajstić information content (AvgIpc) is 3.48. The maximum atomic E-state index is 9.13. The molecular weight excluding hydrogens is 420 g/mol. The zero-order valence-electron chi connectivity index (χ0n) is 19.0. The topological polar surface area (TPSA) is 61.8 Å². The number of imidazole rings is 1. The highest BCUT2D eigenvalue weighted by Gasteiger charge is 2.39. The van der Waals surface area contributed by atoms with E-state index < -0.39 is 0 Å². The molecule has 34 heavy (non-hydrogen) atoms. The molecule has 7 rings (SSSR count). The van der Waals surface area contributed by atoms with Crippen molar-refractivity contribution in [1.82, 2.24) is 19.4 Å². The first-order chi connectivity index (χ1) is 16.7. The number of piperidine rings is 1. The van der Waals surface area contributed by atoms with Crippen molar-refractivity contribution in [2.45, 2.75) is 19.4 Å². The van der Waals surface area contributed by atoms with Crippen LogP contribution in [-0.4, -0.2) is 40.3 Å². The lowest BCUT2D eigenvalue weighted by Crippen LogP contribution is -2.58. The molecule has 2 fully saturated rings. The van der Waals surface area contributed by atoms with Gasteiger partial charge in [-0.25, -0.2) is 4.98 Å². The summed E-state index contributed by atoms with van der Waals surface area (Å²) >= 11 is 0. The van der Waals surface area contributed by atoms with E-state index >= 15 is 0 Å². The van der Waals surface area contributed by atoms with Gasteiger partial charge in [-0.3, -0.25) is 4.57 Å².